The van der Waals surface area contributed by atoms with Crippen LogP contribution >= 0.6 is 0 Å². The van der Waals surface area contributed by atoms with Crippen molar-refractivity contribution in [3.63, 3.8) is 0 Å². The SMILES string of the molecule is CCC1N=c2ccc(CO)c(F)c2=NC1=O. The minimum atomic E-state index is -0.661. The summed E-state index contributed by atoms with van der Waals surface area (Å²) in [6.07, 6.45) is 0.547. The highest BCUT2D eigenvalue weighted by atomic mass is 19.1. The maximum absolute atomic E-state index is 13.7. The molecule has 0 radical (unpaired) electrons. The molecule has 0 aliphatic carbocycles. The van der Waals surface area contributed by atoms with E-state index in [-0.39, 0.29) is 10.9 Å². The molecule has 0 saturated carbocycles. The molecule has 1 N–H and O–H groups in total. The first-order valence-electron chi connectivity index (χ1n) is 5.06. The van der Waals surface area contributed by atoms with Crippen molar-refractivity contribution >= 4 is 5.91 Å². The molecule has 16 heavy (non-hydrogen) atoms. The Morgan fingerprint density at radius 2 is 2.25 bits per heavy atom. The Bertz CT molecular complexity index is 554. The van der Waals surface area contributed by atoms with Crippen molar-refractivity contribution in [3.05, 3.63) is 34.2 Å². The molecule has 4 nitrogen and oxygen atoms in total. The van der Waals surface area contributed by atoms with Crippen molar-refractivity contribution in [2.45, 2.75) is 26.0 Å². The van der Waals surface area contributed by atoms with E-state index < -0.39 is 24.4 Å². The van der Waals surface area contributed by atoms with Crippen LogP contribution in [0.15, 0.2) is 22.1 Å². The van der Waals surface area contributed by atoms with E-state index in [0.717, 1.165) is 0 Å². The maximum Gasteiger partial charge on any atom is 0.271 e. The van der Waals surface area contributed by atoms with Crippen LogP contribution in [0.4, 0.5) is 4.39 Å². The van der Waals surface area contributed by atoms with Crippen LogP contribution in [0.1, 0.15) is 18.9 Å². The van der Waals surface area contributed by atoms with Gasteiger partial charge >= 0.3 is 0 Å². The number of fused-ring (bicyclic) bond motifs is 1. The summed E-state index contributed by atoms with van der Waals surface area (Å²) in [5, 5.41) is 9.21. The summed E-state index contributed by atoms with van der Waals surface area (Å²) in [7, 11) is 0. The molecule has 1 aliphatic rings. The Labute approximate surface area is 91.2 Å². The van der Waals surface area contributed by atoms with Crippen LogP contribution in [0.2, 0.25) is 0 Å². The average Bonchev–Trinajstić information content (AvgIpc) is 2.30. The number of amides is 1. The van der Waals surface area contributed by atoms with E-state index in [1.165, 1.54) is 6.07 Å². The number of hydrogen-bond donors (Lipinski definition) is 1. The van der Waals surface area contributed by atoms with Gasteiger partial charge in [-0.15, -0.1) is 0 Å². The molecule has 5 heteroatoms. The third-order valence-corrected chi connectivity index (χ3v) is 2.53. The summed E-state index contributed by atoms with van der Waals surface area (Å²) in [6.45, 7) is 1.41. The Morgan fingerprint density at radius 1 is 1.50 bits per heavy atom. The third-order valence-electron chi connectivity index (χ3n) is 2.53. The molecule has 1 aromatic rings. The molecule has 1 atom stereocenters. The Morgan fingerprint density at radius 3 is 2.88 bits per heavy atom. The number of rotatable bonds is 2. The van der Waals surface area contributed by atoms with Crippen LogP contribution in [0.5, 0.6) is 0 Å². The van der Waals surface area contributed by atoms with Gasteiger partial charge in [-0.3, -0.25) is 9.79 Å². The lowest BCUT2D eigenvalue weighted by molar-refractivity contribution is -0.119. The standard InChI is InChI=1S/C11H11FN2O2/c1-2-7-11(16)14-10-8(13-7)4-3-6(5-15)9(10)12/h3-4,7,15H,2,5H2,1H3. The zero-order chi connectivity index (χ0) is 11.7. The van der Waals surface area contributed by atoms with Crippen LogP contribution in [0.25, 0.3) is 0 Å². The van der Waals surface area contributed by atoms with Crippen molar-refractivity contribution in [1.29, 1.82) is 0 Å². The van der Waals surface area contributed by atoms with Gasteiger partial charge in [-0.1, -0.05) is 13.0 Å². The normalized spacial score (nSPS) is 18.7. The van der Waals surface area contributed by atoms with Crippen LogP contribution < -0.4 is 10.7 Å². The molecular formula is C11H11FN2O2. The smallest absolute Gasteiger partial charge is 0.271 e. The van der Waals surface area contributed by atoms with E-state index in [1.54, 1.807) is 6.07 Å². The van der Waals surface area contributed by atoms with Gasteiger partial charge < -0.3 is 5.11 Å². The minimum absolute atomic E-state index is 0.0544. The lowest BCUT2D eigenvalue weighted by atomic mass is 10.1. The second-order valence-electron chi connectivity index (χ2n) is 3.57. The van der Waals surface area contributed by atoms with E-state index in [9.17, 15) is 9.18 Å². The highest BCUT2D eigenvalue weighted by molar-refractivity contribution is 5.83. The van der Waals surface area contributed by atoms with E-state index >= 15 is 0 Å². The first kappa shape index (κ1) is 10.9. The summed E-state index contributed by atoms with van der Waals surface area (Å²) in [5.74, 6) is -1.09. The Balaban J connectivity index is 2.71. The van der Waals surface area contributed by atoms with Gasteiger partial charge in [-0.2, -0.15) is 0 Å². The van der Waals surface area contributed by atoms with Crippen LogP contribution in [-0.2, 0) is 11.4 Å². The molecule has 1 heterocycles. The fourth-order valence-corrected chi connectivity index (χ4v) is 1.60. The number of nitrogens with zero attached hydrogens (tertiary/aromatic N) is 2. The lowest BCUT2D eigenvalue weighted by Gasteiger charge is -2.09. The molecule has 0 aromatic heterocycles. The maximum atomic E-state index is 13.7. The van der Waals surface area contributed by atoms with Crippen molar-refractivity contribution in [1.82, 2.24) is 0 Å². The van der Waals surface area contributed by atoms with Gasteiger partial charge in [-0.05, 0) is 12.5 Å². The molecule has 2 rings (SSSR count). The summed E-state index contributed by atoms with van der Waals surface area (Å²) < 4.78 is 13.7. The minimum Gasteiger partial charge on any atom is -0.392 e. The first-order valence-corrected chi connectivity index (χ1v) is 5.06. The second kappa shape index (κ2) is 4.09. The molecule has 0 saturated heterocycles. The lowest BCUT2D eigenvalue weighted by Crippen LogP contribution is -2.39. The number of halogens is 1. The fourth-order valence-electron chi connectivity index (χ4n) is 1.60. The molecule has 1 unspecified atom stereocenters. The molecule has 1 aliphatic heterocycles. The number of carbonyl (C=O) groups excluding carboxylic acids is 1. The largest absolute Gasteiger partial charge is 0.392 e. The summed E-state index contributed by atoms with van der Waals surface area (Å²) in [4.78, 5) is 19.3. The fraction of sp³-hybridized carbons (Fsp3) is 0.364. The van der Waals surface area contributed by atoms with Gasteiger partial charge in [0.05, 0.1) is 12.0 Å². The Hall–Kier alpha value is -1.62. The second-order valence-corrected chi connectivity index (χ2v) is 3.57. The van der Waals surface area contributed by atoms with Crippen molar-refractivity contribution in [2.75, 3.05) is 0 Å². The van der Waals surface area contributed by atoms with Gasteiger partial charge in [0.1, 0.15) is 11.4 Å². The number of carbonyl (C=O) groups is 1. The van der Waals surface area contributed by atoms with Crippen molar-refractivity contribution < 1.29 is 14.3 Å². The van der Waals surface area contributed by atoms with Gasteiger partial charge in [0, 0.05) is 5.56 Å². The highest BCUT2D eigenvalue weighted by Gasteiger charge is 2.19. The van der Waals surface area contributed by atoms with Crippen LogP contribution in [0, 0.1) is 5.82 Å². The number of benzene rings is 1. The topological polar surface area (TPSA) is 62.0 Å². The number of aliphatic hydroxyl groups excluding tert-OH is 1. The molecule has 1 amide bonds. The predicted molar refractivity (Wildman–Crippen MR) is 53.7 cm³/mol. The first-order chi connectivity index (χ1) is 7.67. The quantitative estimate of drug-likeness (QED) is 0.758. The van der Waals surface area contributed by atoms with E-state index in [4.69, 9.17) is 5.11 Å². The van der Waals surface area contributed by atoms with Gasteiger partial charge in [0.2, 0.25) is 0 Å². The van der Waals surface area contributed by atoms with Crippen LogP contribution in [-0.4, -0.2) is 17.1 Å². The van der Waals surface area contributed by atoms with Gasteiger partial charge in [-0.25, -0.2) is 9.38 Å². The Kier molecular flexibility index (Phi) is 2.78. The van der Waals surface area contributed by atoms with Crippen molar-refractivity contribution in [3.8, 4) is 0 Å². The van der Waals surface area contributed by atoms with Crippen LogP contribution in [0.3, 0.4) is 0 Å². The molecule has 1 aromatic carbocycles. The van der Waals surface area contributed by atoms with Crippen molar-refractivity contribution in [2.24, 2.45) is 9.98 Å². The van der Waals surface area contributed by atoms with Gasteiger partial charge in [0.25, 0.3) is 5.91 Å². The molecular weight excluding hydrogens is 211 g/mol. The molecule has 0 spiro atoms. The highest BCUT2D eigenvalue weighted by Crippen LogP contribution is 2.04. The zero-order valence-corrected chi connectivity index (χ0v) is 8.77. The number of hydrogen-bond acceptors (Lipinski definition) is 3. The van der Waals surface area contributed by atoms with Gasteiger partial charge in [0.15, 0.2) is 5.82 Å². The summed E-state index contributed by atoms with van der Waals surface area (Å²) in [5.41, 5.74) is 0.125. The number of aliphatic hydroxyl groups is 1. The monoisotopic (exact) mass is 222 g/mol. The summed E-state index contributed by atoms with van der Waals surface area (Å²) >= 11 is 0. The predicted octanol–water partition coefficient (Wildman–Crippen LogP) is -0.124. The zero-order valence-electron chi connectivity index (χ0n) is 8.77. The van der Waals surface area contributed by atoms with E-state index in [2.05, 4.69) is 9.98 Å². The third kappa shape index (κ3) is 1.63. The molecule has 84 valence electrons. The molecule has 0 fully saturated rings. The average molecular weight is 222 g/mol. The molecule has 0 bridgehead atoms. The van der Waals surface area contributed by atoms with E-state index in [0.29, 0.717) is 11.8 Å². The summed E-state index contributed by atoms with van der Waals surface area (Å²) in [6, 6.07) is 2.52. The van der Waals surface area contributed by atoms with E-state index in [1.807, 2.05) is 6.92 Å².